The van der Waals surface area contributed by atoms with Gasteiger partial charge in [-0.25, -0.2) is 23.7 Å². The first kappa shape index (κ1) is 28.4. The number of halogens is 2. The Labute approximate surface area is 236 Å². The molecular weight excluding hydrogens is 538 g/mol. The predicted molar refractivity (Wildman–Crippen MR) is 149 cm³/mol. The average molecular weight is 571 g/mol. The molecule has 0 radical (unpaired) electrons. The molecule has 0 saturated carbocycles. The number of nitrogens with one attached hydrogen (secondary N) is 1. The van der Waals surface area contributed by atoms with Crippen molar-refractivity contribution >= 4 is 28.6 Å². The number of benzene rings is 1. The number of methoxy groups -OCH3 is 3. The van der Waals surface area contributed by atoms with Crippen LogP contribution in [0.4, 0.5) is 20.5 Å². The summed E-state index contributed by atoms with van der Waals surface area (Å²) in [6.07, 6.45) is 3.42. The van der Waals surface area contributed by atoms with E-state index in [1.54, 1.807) is 13.3 Å². The maximum absolute atomic E-state index is 15.4. The van der Waals surface area contributed by atoms with Gasteiger partial charge in [0.15, 0.2) is 29.0 Å². The first-order chi connectivity index (χ1) is 19.8. The minimum atomic E-state index is -0.899. The second-order valence-electron chi connectivity index (χ2n) is 9.85. The zero-order valence-electron chi connectivity index (χ0n) is 23.3. The molecule has 1 aromatic carbocycles. The minimum Gasteiger partial charge on any atom is -0.494 e. The number of rotatable bonds is 9. The molecule has 0 unspecified atom stereocenters. The van der Waals surface area contributed by atoms with Gasteiger partial charge in [-0.1, -0.05) is 6.58 Å². The standard InChI is InChI=1S/C28H32F2N6O5/c1-6-22(37)32-17-7-8-41-14-19(17)35(2)28-31-11-15-9-18(23-24(29)20(39-4)10-21(40-5)25(23)30)33-27(26(15)34-28)36-12-16(13-36)38-3/h6,9-11,16-17,19H,1,7-8,12-14H2,2-5H3,(H,32,37)/t17-,19+/m0/s1. The Kier molecular flexibility index (Phi) is 8.18. The molecule has 3 aromatic rings. The molecule has 13 heteroatoms. The van der Waals surface area contributed by atoms with Crippen molar-refractivity contribution in [3.05, 3.63) is 42.6 Å². The monoisotopic (exact) mass is 570 g/mol. The number of carbonyl (C=O) groups is 1. The van der Waals surface area contributed by atoms with E-state index in [9.17, 15) is 4.79 Å². The van der Waals surface area contributed by atoms with E-state index >= 15 is 8.78 Å². The Hall–Kier alpha value is -4.10. The van der Waals surface area contributed by atoms with Crippen molar-refractivity contribution in [3.8, 4) is 22.8 Å². The fourth-order valence-electron chi connectivity index (χ4n) is 5.07. The summed E-state index contributed by atoms with van der Waals surface area (Å²) in [6, 6.07) is 2.24. The van der Waals surface area contributed by atoms with Crippen LogP contribution in [-0.4, -0.2) is 93.7 Å². The van der Waals surface area contributed by atoms with Gasteiger partial charge in [-0.05, 0) is 18.6 Å². The lowest BCUT2D eigenvalue weighted by atomic mass is 10.0. The molecule has 218 valence electrons. The van der Waals surface area contributed by atoms with Gasteiger partial charge in [-0.3, -0.25) is 4.79 Å². The van der Waals surface area contributed by atoms with E-state index in [0.717, 1.165) is 6.07 Å². The number of carbonyl (C=O) groups excluding carboxylic acids is 1. The fraction of sp³-hybridized carbons (Fsp3) is 0.429. The summed E-state index contributed by atoms with van der Waals surface area (Å²) < 4.78 is 52.2. The molecule has 2 atom stereocenters. The Bertz CT molecular complexity index is 1440. The first-order valence-electron chi connectivity index (χ1n) is 13.1. The van der Waals surface area contributed by atoms with E-state index in [1.165, 1.54) is 26.4 Å². The van der Waals surface area contributed by atoms with Gasteiger partial charge in [0.05, 0.1) is 50.3 Å². The highest BCUT2D eigenvalue weighted by Gasteiger charge is 2.34. The van der Waals surface area contributed by atoms with Gasteiger partial charge < -0.3 is 34.1 Å². The second-order valence-corrected chi connectivity index (χ2v) is 9.85. The van der Waals surface area contributed by atoms with E-state index in [4.69, 9.17) is 28.9 Å². The summed E-state index contributed by atoms with van der Waals surface area (Å²) in [7, 11) is 6.04. The smallest absolute Gasteiger partial charge is 0.243 e. The SMILES string of the molecule is C=CC(=O)N[C@H]1CCOC[C@H]1N(C)c1ncc2cc(-c3c(F)c(OC)cc(OC)c3F)nc(N3CC(OC)C3)c2n1. The zero-order valence-corrected chi connectivity index (χ0v) is 23.3. The number of nitrogens with zero attached hydrogens (tertiary/aromatic N) is 5. The van der Waals surface area contributed by atoms with Crippen LogP contribution < -0.4 is 24.6 Å². The van der Waals surface area contributed by atoms with Gasteiger partial charge in [-0.15, -0.1) is 0 Å². The molecule has 2 aromatic heterocycles. The quantitative estimate of drug-likeness (QED) is 0.386. The van der Waals surface area contributed by atoms with Gasteiger partial charge >= 0.3 is 0 Å². The highest BCUT2D eigenvalue weighted by atomic mass is 19.1. The molecule has 1 amide bonds. The van der Waals surface area contributed by atoms with Crippen LogP contribution in [0.1, 0.15) is 6.42 Å². The molecule has 2 fully saturated rings. The van der Waals surface area contributed by atoms with Crippen LogP contribution in [-0.2, 0) is 14.3 Å². The number of hydrogen-bond acceptors (Lipinski definition) is 10. The summed E-state index contributed by atoms with van der Waals surface area (Å²) in [5, 5.41) is 3.49. The average Bonchev–Trinajstić information content (AvgIpc) is 2.96. The molecule has 5 rings (SSSR count). The van der Waals surface area contributed by atoms with Crippen molar-refractivity contribution in [3.63, 3.8) is 0 Å². The van der Waals surface area contributed by atoms with E-state index in [1.807, 2.05) is 16.8 Å². The third-order valence-electron chi connectivity index (χ3n) is 7.50. The van der Waals surface area contributed by atoms with E-state index in [2.05, 4.69) is 16.9 Å². The molecule has 2 aliphatic rings. The molecular formula is C28H32F2N6O5. The van der Waals surface area contributed by atoms with Crippen molar-refractivity contribution in [2.24, 2.45) is 0 Å². The van der Waals surface area contributed by atoms with Gasteiger partial charge in [0.1, 0.15) is 5.52 Å². The number of anilines is 2. The number of fused-ring (bicyclic) bond motifs is 1. The Morgan fingerprint density at radius 2 is 1.88 bits per heavy atom. The predicted octanol–water partition coefficient (Wildman–Crippen LogP) is 2.72. The summed E-state index contributed by atoms with van der Waals surface area (Å²) >= 11 is 0. The summed E-state index contributed by atoms with van der Waals surface area (Å²) in [5.74, 6) is -1.61. The fourth-order valence-corrected chi connectivity index (χ4v) is 5.07. The van der Waals surface area contributed by atoms with Crippen LogP contribution in [0.25, 0.3) is 22.2 Å². The van der Waals surface area contributed by atoms with E-state index in [-0.39, 0.29) is 46.9 Å². The Balaban J connectivity index is 1.60. The highest BCUT2D eigenvalue weighted by Crippen LogP contribution is 2.40. The van der Waals surface area contributed by atoms with Crippen molar-refractivity contribution < 1.29 is 32.5 Å². The van der Waals surface area contributed by atoms with Gasteiger partial charge in [0.2, 0.25) is 11.9 Å². The number of aromatic nitrogens is 3. The molecule has 11 nitrogen and oxygen atoms in total. The molecule has 2 saturated heterocycles. The normalized spacial score (nSPS) is 19.0. The number of likely N-dealkylation sites (N-methyl/N-ethyl adjacent to an activating group) is 1. The molecule has 0 aliphatic carbocycles. The van der Waals surface area contributed by atoms with Crippen molar-refractivity contribution in [1.82, 2.24) is 20.3 Å². The lowest BCUT2D eigenvalue weighted by Crippen LogP contribution is -2.56. The van der Waals surface area contributed by atoms with Gasteiger partial charge in [0, 0.05) is 51.5 Å². The lowest BCUT2D eigenvalue weighted by molar-refractivity contribution is -0.117. The number of pyridine rings is 1. The van der Waals surface area contributed by atoms with Crippen LogP contribution in [0.2, 0.25) is 0 Å². The highest BCUT2D eigenvalue weighted by molar-refractivity contribution is 5.93. The number of amides is 1. The van der Waals surface area contributed by atoms with Crippen LogP contribution in [0, 0.1) is 11.6 Å². The third kappa shape index (κ3) is 5.34. The van der Waals surface area contributed by atoms with Crippen molar-refractivity contribution in [2.45, 2.75) is 24.6 Å². The van der Waals surface area contributed by atoms with Gasteiger partial charge in [-0.2, -0.15) is 0 Å². The third-order valence-corrected chi connectivity index (χ3v) is 7.50. The molecule has 2 aliphatic heterocycles. The van der Waals surface area contributed by atoms with Crippen molar-refractivity contribution in [1.29, 1.82) is 0 Å². The number of hydrogen-bond donors (Lipinski definition) is 1. The summed E-state index contributed by atoms with van der Waals surface area (Å²) in [6.45, 7) is 5.46. The Morgan fingerprint density at radius 1 is 1.17 bits per heavy atom. The molecule has 4 heterocycles. The summed E-state index contributed by atoms with van der Waals surface area (Å²) in [4.78, 5) is 29.9. The van der Waals surface area contributed by atoms with Gasteiger partial charge in [0.25, 0.3) is 0 Å². The van der Waals surface area contributed by atoms with E-state index < -0.39 is 11.6 Å². The maximum Gasteiger partial charge on any atom is 0.243 e. The summed E-state index contributed by atoms with van der Waals surface area (Å²) in [5.41, 5.74) is 0.159. The number of ether oxygens (including phenoxy) is 4. The minimum absolute atomic E-state index is 0.0153. The van der Waals surface area contributed by atoms with Crippen molar-refractivity contribution in [2.75, 3.05) is 64.5 Å². The van der Waals surface area contributed by atoms with Crippen LogP contribution in [0.3, 0.4) is 0 Å². The topological polar surface area (TPSA) is 111 Å². The zero-order chi connectivity index (χ0) is 29.3. The first-order valence-corrected chi connectivity index (χ1v) is 13.1. The molecule has 0 bridgehead atoms. The van der Waals surface area contributed by atoms with Crippen LogP contribution in [0.15, 0.2) is 31.0 Å². The molecule has 1 N–H and O–H groups in total. The molecule has 41 heavy (non-hydrogen) atoms. The van der Waals surface area contributed by atoms with E-state index in [0.29, 0.717) is 55.4 Å². The van der Waals surface area contributed by atoms with Crippen LogP contribution >= 0.6 is 0 Å². The van der Waals surface area contributed by atoms with Crippen LogP contribution in [0.5, 0.6) is 11.5 Å². The maximum atomic E-state index is 15.4. The molecule has 0 spiro atoms. The largest absolute Gasteiger partial charge is 0.494 e. The lowest BCUT2D eigenvalue weighted by Gasteiger charge is -2.40. The Morgan fingerprint density at radius 3 is 2.51 bits per heavy atom. The second kappa shape index (κ2) is 11.8.